The van der Waals surface area contributed by atoms with Crippen molar-refractivity contribution in [3.05, 3.63) is 90.2 Å². The van der Waals surface area contributed by atoms with Gasteiger partial charge in [-0.1, -0.05) is 61.5 Å². The molecule has 0 aliphatic carbocycles. The summed E-state index contributed by atoms with van der Waals surface area (Å²) in [5.74, 6) is 0.594. The van der Waals surface area contributed by atoms with Gasteiger partial charge in [-0.3, -0.25) is 0 Å². The molecular formula is C21H19FO. The number of rotatable bonds is 5. The molecular weight excluding hydrogens is 287 g/mol. The molecule has 0 N–H and O–H groups in total. The van der Waals surface area contributed by atoms with Crippen molar-refractivity contribution >= 4 is 0 Å². The van der Waals surface area contributed by atoms with Gasteiger partial charge in [0.25, 0.3) is 0 Å². The van der Waals surface area contributed by atoms with Crippen LogP contribution in [0.25, 0.3) is 11.1 Å². The smallest absolute Gasteiger partial charge is 0.123 e. The van der Waals surface area contributed by atoms with Crippen molar-refractivity contribution in [3.8, 4) is 16.9 Å². The van der Waals surface area contributed by atoms with Gasteiger partial charge in [0.15, 0.2) is 0 Å². The Morgan fingerprint density at radius 2 is 1.39 bits per heavy atom. The second-order valence-electron chi connectivity index (χ2n) is 5.46. The van der Waals surface area contributed by atoms with E-state index in [4.69, 9.17) is 4.74 Å². The molecule has 1 nitrogen and oxygen atoms in total. The minimum Gasteiger partial charge on any atom is -0.486 e. The Labute approximate surface area is 136 Å². The lowest BCUT2D eigenvalue weighted by molar-refractivity contribution is 0.201. The molecule has 0 aliphatic rings. The van der Waals surface area contributed by atoms with Crippen LogP contribution in [0.3, 0.4) is 0 Å². The quantitative estimate of drug-likeness (QED) is 0.560. The number of benzene rings is 3. The van der Waals surface area contributed by atoms with Crippen LogP contribution in [-0.2, 0) is 0 Å². The van der Waals surface area contributed by atoms with Crippen LogP contribution in [0.5, 0.6) is 5.75 Å². The van der Waals surface area contributed by atoms with Crippen molar-refractivity contribution < 1.29 is 9.13 Å². The standard InChI is InChI=1S/C21H19FO/c1-2-21(18-8-12-19(22)13-9-18)23-20-14-10-17(11-15-20)16-6-4-3-5-7-16/h3-15,21H,2H2,1H3. The summed E-state index contributed by atoms with van der Waals surface area (Å²) >= 11 is 0. The highest BCUT2D eigenvalue weighted by molar-refractivity contribution is 5.63. The lowest BCUT2D eigenvalue weighted by Crippen LogP contribution is -2.06. The van der Waals surface area contributed by atoms with E-state index in [2.05, 4.69) is 31.2 Å². The fourth-order valence-corrected chi connectivity index (χ4v) is 2.59. The summed E-state index contributed by atoms with van der Waals surface area (Å²) in [5, 5.41) is 0. The first-order valence-electron chi connectivity index (χ1n) is 7.84. The summed E-state index contributed by atoms with van der Waals surface area (Å²) in [6.45, 7) is 2.06. The van der Waals surface area contributed by atoms with Crippen molar-refractivity contribution in [2.45, 2.75) is 19.4 Å². The van der Waals surface area contributed by atoms with Gasteiger partial charge in [-0.15, -0.1) is 0 Å². The molecule has 3 aromatic rings. The third-order valence-electron chi connectivity index (χ3n) is 3.85. The number of halogens is 1. The molecule has 1 atom stereocenters. The average molecular weight is 306 g/mol. The molecule has 0 amide bonds. The first kappa shape index (κ1) is 15.3. The molecule has 0 saturated heterocycles. The van der Waals surface area contributed by atoms with E-state index in [1.54, 1.807) is 12.1 Å². The van der Waals surface area contributed by atoms with E-state index in [-0.39, 0.29) is 11.9 Å². The van der Waals surface area contributed by atoms with Crippen molar-refractivity contribution in [2.75, 3.05) is 0 Å². The van der Waals surface area contributed by atoms with Crippen LogP contribution in [0.4, 0.5) is 4.39 Å². The number of ether oxygens (including phenoxy) is 1. The molecule has 3 rings (SSSR count). The van der Waals surface area contributed by atoms with Crippen LogP contribution < -0.4 is 4.74 Å². The summed E-state index contributed by atoms with van der Waals surface area (Å²) in [7, 11) is 0. The normalized spacial score (nSPS) is 11.9. The Hall–Kier alpha value is -2.61. The van der Waals surface area contributed by atoms with Crippen LogP contribution in [-0.4, -0.2) is 0 Å². The molecule has 0 fully saturated rings. The summed E-state index contributed by atoms with van der Waals surface area (Å²) in [6.07, 6.45) is 0.754. The highest BCUT2D eigenvalue weighted by Gasteiger charge is 2.11. The highest BCUT2D eigenvalue weighted by atomic mass is 19.1. The first-order chi connectivity index (χ1) is 11.3. The third-order valence-corrected chi connectivity index (χ3v) is 3.85. The number of hydrogen-bond acceptors (Lipinski definition) is 1. The van der Waals surface area contributed by atoms with Crippen LogP contribution in [0.15, 0.2) is 78.9 Å². The van der Waals surface area contributed by atoms with Gasteiger partial charge in [-0.2, -0.15) is 0 Å². The molecule has 1 unspecified atom stereocenters. The largest absolute Gasteiger partial charge is 0.486 e. The fraction of sp³-hybridized carbons (Fsp3) is 0.143. The predicted molar refractivity (Wildman–Crippen MR) is 91.9 cm³/mol. The van der Waals surface area contributed by atoms with E-state index in [0.29, 0.717) is 0 Å². The topological polar surface area (TPSA) is 9.23 Å². The van der Waals surface area contributed by atoms with E-state index in [1.165, 1.54) is 17.7 Å². The summed E-state index contributed by atoms with van der Waals surface area (Å²) in [4.78, 5) is 0. The molecule has 0 radical (unpaired) electrons. The average Bonchev–Trinajstić information content (AvgIpc) is 2.62. The SMILES string of the molecule is CCC(Oc1ccc(-c2ccccc2)cc1)c1ccc(F)cc1. The molecule has 116 valence electrons. The predicted octanol–water partition coefficient (Wildman–Crippen LogP) is 6.02. The summed E-state index contributed by atoms with van der Waals surface area (Å²) < 4.78 is 19.1. The third kappa shape index (κ3) is 3.78. The van der Waals surface area contributed by atoms with Gasteiger partial charge in [-0.25, -0.2) is 4.39 Å². The van der Waals surface area contributed by atoms with Crippen LogP contribution >= 0.6 is 0 Å². The van der Waals surface area contributed by atoms with E-state index in [9.17, 15) is 4.39 Å². The zero-order valence-corrected chi connectivity index (χ0v) is 13.1. The Bertz CT molecular complexity index is 733. The summed E-state index contributed by atoms with van der Waals surface area (Å²) in [6, 6.07) is 24.8. The van der Waals surface area contributed by atoms with Gasteiger partial charge >= 0.3 is 0 Å². The van der Waals surface area contributed by atoms with Gasteiger partial charge in [0.1, 0.15) is 17.7 Å². The fourth-order valence-electron chi connectivity index (χ4n) is 2.59. The Balaban J connectivity index is 1.75. The van der Waals surface area contributed by atoms with Crippen molar-refractivity contribution in [2.24, 2.45) is 0 Å². The lowest BCUT2D eigenvalue weighted by atomic mass is 10.1. The second-order valence-corrected chi connectivity index (χ2v) is 5.46. The maximum atomic E-state index is 13.0. The zero-order valence-electron chi connectivity index (χ0n) is 13.1. The first-order valence-corrected chi connectivity index (χ1v) is 7.84. The Kier molecular flexibility index (Phi) is 4.72. The molecule has 0 aromatic heterocycles. The summed E-state index contributed by atoms with van der Waals surface area (Å²) in [5.41, 5.74) is 3.33. The van der Waals surface area contributed by atoms with Gasteiger partial charge in [0.05, 0.1) is 0 Å². The maximum Gasteiger partial charge on any atom is 0.123 e. The van der Waals surface area contributed by atoms with E-state index >= 15 is 0 Å². The molecule has 23 heavy (non-hydrogen) atoms. The Morgan fingerprint density at radius 1 is 0.783 bits per heavy atom. The van der Waals surface area contributed by atoms with Gasteiger partial charge < -0.3 is 4.74 Å². The minimum absolute atomic E-state index is 0.0711. The van der Waals surface area contributed by atoms with Gasteiger partial charge in [0, 0.05) is 0 Å². The Morgan fingerprint density at radius 3 is 2.00 bits per heavy atom. The molecule has 0 heterocycles. The minimum atomic E-state index is -0.226. The van der Waals surface area contributed by atoms with Crippen molar-refractivity contribution in [1.29, 1.82) is 0 Å². The highest BCUT2D eigenvalue weighted by Crippen LogP contribution is 2.27. The van der Waals surface area contributed by atoms with E-state index in [0.717, 1.165) is 23.3 Å². The van der Waals surface area contributed by atoms with Crippen LogP contribution in [0.2, 0.25) is 0 Å². The van der Waals surface area contributed by atoms with Crippen molar-refractivity contribution in [1.82, 2.24) is 0 Å². The van der Waals surface area contributed by atoms with Crippen LogP contribution in [0.1, 0.15) is 25.0 Å². The van der Waals surface area contributed by atoms with E-state index in [1.807, 2.05) is 30.3 Å². The molecule has 2 heteroatoms. The molecule has 0 aliphatic heterocycles. The molecule has 0 bridgehead atoms. The van der Waals surface area contributed by atoms with Gasteiger partial charge in [0.2, 0.25) is 0 Å². The second kappa shape index (κ2) is 7.10. The molecule has 0 spiro atoms. The number of hydrogen-bond donors (Lipinski definition) is 0. The van der Waals surface area contributed by atoms with Gasteiger partial charge in [-0.05, 0) is 47.4 Å². The molecule has 3 aromatic carbocycles. The van der Waals surface area contributed by atoms with Crippen molar-refractivity contribution in [3.63, 3.8) is 0 Å². The monoisotopic (exact) mass is 306 g/mol. The molecule has 0 saturated carbocycles. The lowest BCUT2D eigenvalue weighted by Gasteiger charge is -2.18. The maximum absolute atomic E-state index is 13.0. The zero-order chi connectivity index (χ0) is 16.1. The van der Waals surface area contributed by atoms with E-state index < -0.39 is 0 Å². The van der Waals surface area contributed by atoms with Crippen LogP contribution in [0, 0.1) is 5.82 Å².